The highest BCUT2D eigenvalue weighted by molar-refractivity contribution is 5.77. The first kappa shape index (κ1) is 15.0. The van der Waals surface area contributed by atoms with E-state index >= 15 is 0 Å². The number of hydrogen-bond acceptors (Lipinski definition) is 3. The normalized spacial score (nSPS) is 17.7. The summed E-state index contributed by atoms with van der Waals surface area (Å²) in [5, 5.41) is 8.65. The number of carboxylic acids is 1. The fraction of sp³-hybridized carbons (Fsp3) is 0.846. The first-order valence-electron chi connectivity index (χ1n) is 6.67. The van der Waals surface area contributed by atoms with Gasteiger partial charge in [-0.25, -0.2) is 0 Å². The zero-order valence-corrected chi connectivity index (χ0v) is 11.4. The van der Waals surface area contributed by atoms with Crippen LogP contribution in [0.4, 0.5) is 0 Å². The van der Waals surface area contributed by atoms with Gasteiger partial charge in [0.15, 0.2) is 0 Å². The van der Waals surface area contributed by atoms with Gasteiger partial charge < -0.3 is 14.9 Å². The Kier molecular flexibility index (Phi) is 6.12. The highest BCUT2D eigenvalue weighted by atomic mass is 16.4. The van der Waals surface area contributed by atoms with Gasteiger partial charge in [-0.15, -0.1) is 0 Å². The van der Waals surface area contributed by atoms with Gasteiger partial charge in [0.2, 0.25) is 5.91 Å². The Morgan fingerprint density at radius 2 is 1.89 bits per heavy atom. The van der Waals surface area contributed by atoms with Crippen LogP contribution in [-0.4, -0.2) is 60.0 Å². The van der Waals surface area contributed by atoms with E-state index in [0.29, 0.717) is 6.42 Å². The Morgan fingerprint density at radius 3 is 2.44 bits per heavy atom. The predicted molar refractivity (Wildman–Crippen MR) is 69.3 cm³/mol. The van der Waals surface area contributed by atoms with Gasteiger partial charge in [-0.1, -0.05) is 6.92 Å². The van der Waals surface area contributed by atoms with E-state index in [4.69, 9.17) is 5.11 Å². The van der Waals surface area contributed by atoms with Crippen molar-refractivity contribution >= 4 is 11.9 Å². The van der Waals surface area contributed by atoms with E-state index in [1.54, 1.807) is 18.9 Å². The zero-order valence-electron chi connectivity index (χ0n) is 11.4. The minimum atomic E-state index is -0.838. The Bertz CT molecular complexity index is 288. The molecule has 1 rings (SSSR count). The number of aliphatic carboxylic acids is 1. The van der Waals surface area contributed by atoms with Crippen molar-refractivity contribution in [1.29, 1.82) is 0 Å². The van der Waals surface area contributed by atoms with Gasteiger partial charge >= 0.3 is 5.97 Å². The Hall–Kier alpha value is -1.10. The molecule has 18 heavy (non-hydrogen) atoms. The third-order valence-corrected chi connectivity index (χ3v) is 3.42. The Balaban J connectivity index is 2.21. The molecule has 1 atom stereocenters. The van der Waals surface area contributed by atoms with Gasteiger partial charge in [0.1, 0.15) is 0 Å². The molecule has 1 N–H and O–H groups in total. The smallest absolute Gasteiger partial charge is 0.303 e. The third kappa shape index (κ3) is 5.49. The van der Waals surface area contributed by atoms with Crippen LogP contribution in [0.3, 0.4) is 0 Å². The number of likely N-dealkylation sites (tertiary alicyclic amines) is 1. The van der Waals surface area contributed by atoms with Crippen molar-refractivity contribution in [2.75, 3.05) is 33.2 Å². The molecule has 0 saturated carbocycles. The van der Waals surface area contributed by atoms with Crippen molar-refractivity contribution in [2.45, 2.75) is 32.6 Å². The maximum Gasteiger partial charge on any atom is 0.303 e. The molecule has 1 unspecified atom stereocenters. The van der Waals surface area contributed by atoms with E-state index in [-0.39, 0.29) is 18.2 Å². The monoisotopic (exact) mass is 256 g/mol. The molecule has 1 saturated heterocycles. The molecule has 1 amide bonds. The van der Waals surface area contributed by atoms with Crippen LogP contribution >= 0.6 is 0 Å². The fourth-order valence-electron chi connectivity index (χ4n) is 2.25. The largest absolute Gasteiger partial charge is 0.481 e. The molecule has 1 aliphatic rings. The van der Waals surface area contributed by atoms with Crippen molar-refractivity contribution < 1.29 is 14.7 Å². The molecule has 0 aromatic heterocycles. The summed E-state index contributed by atoms with van der Waals surface area (Å²) in [6.07, 6.45) is 2.90. The van der Waals surface area contributed by atoms with Crippen LogP contribution in [0.1, 0.15) is 32.6 Å². The molecule has 0 aromatic carbocycles. The molecule has 5 heteroatoms. The molecule has 104 valence electrons. The summed E-state index contributed by atoms with van der Waals surface area (Å²) >= 11 is 0. The summed E-state index contributed by atoms with van der Waals surface area (Å²) in [5.41, 5.74) is 0. The topological polar surface area (TPSA) is 60.9 Å². The molecule has 0 bridgehead atoms. The van der Waals surface area contributed by atoms with Gasteiger partial charge in [0, 0.05) is 33.0 Å². The summed E-state index contributed by atoms with van der Waals surface area (Å²) in [4.78, 5) is 26.5. The van der Waals surface area contributed by atoms with Crippen LogP contribution in [0.25, 0.3) is 0 Å². The first-order chi connectivity index (χ1) is 8.49. The molecule has 5 nitrogen and oxygen atoms in total. The Labute approximate surface area is 109 Å². The lowest BCUT2D eigenvalue weighted by Crippen LogP contribution is -2.35. The van der Waals surface area contributed by atoms with E-state index in [9.17, 15) is 9.59 Å². The first-order valence-corrected chi connectivity index (χ1v) is 6.67. The standard InChI is InChI=1S/C13H24N2O3/c1-11(10-13(17)18)9-12(16)14(2)7-8-15-5-3-4-6-15/h11H,3-10H2,1-2H3,(H,17,18). The number of carbonyl (C=O) groups excluding carboxylic acids is 1. The average Bonchev–Trinajstić information content (AvgIpc) is 2.77. The molecule has 1 aliphatic heterocycles. The van der Waals surface area contributed by atoms with E-state index in [1.807, 2.05) is 0 Å². The number of amides is 1. The maximum absolute atomic E-state index is 11.9. The van der Waals surface area contributed by atoms with Crippen LogP contribution in [0.15, 0.2) is 0 Å². The number of carbonyl (C=O) groups is 2. The van der Waals surface area contributed by atoms with Gasteiger partial charge in [-0.3, -0.25) is 9.59 Å². The molecule has 0 radical (unpaired) electrons. The maximum atomic E-state index is 11.9. The number of likely N-dealkylation sites (N-methyl/N-ethyl adjacent to an activating group) is 1. The van der Waals surface area contributed by atoms with Crippen molar-refractivity contribution in [3.63, 3.8) is 0 Å². The Morgan fingerprint density at radius 1 is 1.28 bits per heavy atom. The third-order valence-electron chi connectivity index (χ3n) is 3.42. The summed E-state index contributed by atoms with van der Waals surface area (Å²) < 4.78 is 0. The minimum Gasteiger partial charge on any atom is -0.481 e. The van der Waals surface area contributed by atoms with Crippen LogP contribution in [0, 0.1) is 5.92 Å². The van der Waals surface area contributed by atoms with Gasteiger partial charge in [-0.05, 0) is 31.8 Å². The SMILES string of the molecule is CC(CC(=O)O)CC(=O)N(C)CCN1CCCC1. The van der Waals surface area contributed by atoms with E-state index in [0.717, 1.165) is 26.2 Å². The van der Waals surface area contributed by atoms with Crippen LogP contribution in [0.5, 0.6) is 0 Å². The van der Waals surface area contributed by atoms with Gasteiger partial charge in [-0.2, -0.15) is 0 Å². The van der Waals surface area contributed by atoms with Crippen molar-refractivity contribution in [3.8, 4) is 0 Å². The molecule has 0 aliphatic carbocycles. The van der Waals surface area contributed by atoms with Gasteiger partial charge in [0.25, 0.3) is 0 Å². The van der Waals surface area contributed by atoms with Crippen molar-refractivity contribution in [3.05, 3.63) is 0 Å². The van der Waals surface area contributed by atoms with Crippen molar-refractivity contribution in [1.82, 2.24) is 9.80 Å². The zero-order chi connectivity index (χ0) is 13.5. The van der Waals surface area contributed by atoms with Crippen molar-refractivity contribution in [2.24, 2.45) is 5.92 Å². The summed E-state index contributed by atoms with van der Waals surface area (Å²) in [5.74, 6) is -0.887. The lowest BCUT2D eigenvalue weighted by molar-refractivity contribution is -0.138. The van der Waals surface area contributed by atoms with E-state index in [2.05, 4.69) is 4.90 Å². The lowest BCUT2D eigenvalue weighted by Gasteiger charge is -2.22. The second-order valence-corrected chi connectivity index (χ2v) is 5.27. The number of rotatable bonds is 7. The molecular formula is C13H24N2O3. The lowest BCUT2D eigenvalue weighted by atomic mass is 10.0. The average molecular weight is 256 g/mol. The number of nitrogens with zero attached hydrogens (tertiary/aromatic N) is 2. The number of hydrogen-bond donors (Lipinski definition) is 1. The molecular weight excluding hydrogens is 232 g/mol. The fourth-order valence-corrected chi connectivity index (χ4v) is 2.25. The molecule has 1 heterocycles. The second kappa shape index (κ2) is 7.36. The van der Waals surface area contributed by atoms with Crippen LogP contribution < -0.4 is 0 Å². The quantitative estimate of drug-likeness (QED) is 0.739. The van der Waals surface area contributed by atoms with Crippen LogP contribution in [0.2, 0.25) is 0 Å². The highest BCUT2D eigenvalue weighted by Gasteiger charge is 2.17. The predicted octanol–water partition coefficient (Wildman–Crippen LogP) is 1.04. The molecule has 0 aromatic rings. The summed E-state index contributed by atoms with van der Waals surface area (Å²) in [6.45, 7) is 5.74. The van der Waals surface area contributed by atoms with E-state index in [1.165, 1.54) is 12.8 Å². The summed E-state index contributed by atoms with van der Waals surface area (Å²) in [6, 6.07) is 0. The van der Waals surface area contributed by atoms with Gasteiger partial charge in [0.05, 0.1) is 0 Å². The van der Waals surface area contributed by atoms with E-state index < -0.39 is 5.97 Å². The summed E-state index contributed by atoms with van der Waals surface area (Å²) in [7, 11) is 1.80. The molecule has 0 spiro atoms. The number of carboxylic acid groups (broad SMARTS) is 1. The molecule has 1 fully saturated rings. The minimum absolute atomic E-state index is 0.0444. The second-order valence-electron chi connectivity index (χ2n) is 5.27. The van der Waals surface area contributed by atoms with Crippen LogP contribution in [-0.2, 0) is 9.59 Å². The highest BCUT2D eigenvalue weighted by Crippen LogP contribution is 2.10.